The van der Waals surface area contributed by atoms with Gasteiger partial charge in [0, 0.05) is 29.4 Å². The lowest BCUT2D eigenvalue weighted by Gasteiger charge is -2.24. The summed E-state index contributed by atoms with van der Waals surface area (Å²) >= 11 is 13.4. The maximum atomic E-state index is 5.92. The Morgan fingerprint density at radius 2 is 2.00 bits per heavy atom. The molecule has 108 valence electrons. The van der Waals surface area contributed by atoms with Crippen LogP contribution in [0.15, 0.2) is 29.6 Å². The summed E-state index contributed by atoms with van der Waals surface area (Å²) in [6, 6.07) is 8.40. The second-order valence-electron chi connectivity index (χ2n) is 4.82. The van der Waals surface area contributed by atoms with E-state index in [-0.39, 0.29) is 0 Å². The molecule has 5 heteroatoms. The number of rotatable bonds is 6. The summed E-state index contributed by atoms with van der Waals surface area (Å²) < 4.78 is 0. The summed E-state index contributed by atoms with van der Waals surface area (Å²) in [4.78, 5) is 6.81. The van der Waals surface area contributed by atoms with E-state index in [0.29, 0.717) is 11.9 Å². The van der Waals surface area contributed by atoms with Crippen molar-refractivity contribution in [3.63, 3.8) is 0 Å². The first-order chi connectivity index (χ1) is 9.60. The smallest absolute Gasteiger partial charge is 0.0941 e. The molecule has 0 radical (unpaired) electrons. The number of thiazole rings is 1. The van der Waals surface area contributed by atoms with Crippen molar-refractivity contribution in [1.29, 1.82) is 0 Å². The number of benzene rings is 1. The van der Waals surface area contributed by atoms with E-state index in [2.05, 4.69) is 36.0 Å². The fraction of sp³-hybridized carbons (Fsp3) is 0.400. The van der Waals surface area contributed by atoms with E-state index in [4.69, 9.17) is 23.2 Å². The molecular weight excluding hydrogens is 311 g/mol. The molecule has 1 atom stereocenters. The van der Waals surface area contributed by atoms with Gasteiger partial charge in [0.25, 0.3) is 0 Å². The summed E-state index contributed by atoms with van der Waals surface area (Å²) in [6.45, 7) is 3.17. The first kappa shape index (κ1) is 15.8. The Labute approximate surface area is 134 Å². The van der Waals surface area contributed by atoms with Gasteiger partial charge in [0.05, 0.1) is 16.6 Å². The van der Waals surface area contributed by atoms with Gasteiger partial charge in [-0.2, -0.15) is 0 Å². The van der Waals surface area contributed by atoms with Crippen LogP contribution >= 0.6 is 34.5 Å². The fourth-order valence-corrected chi connectivity index (χ4v) is 3.13. The van der Waals surface area contributed by atoms with Crippen molar-refractivity contribution in [2.24, 2.45) is 0 Å². The van der Waals surface area contributed by atoms with Gasteiger partial charge in [-0.1, -0.05) is 23.7 Å². The van der Waals surface area contributed by atoms with Crippen LogP contribution in [-0.2, 0) is 12.3 Å². The van der Waals surface area contributed by atoms with Crippen LogP contribution in [0.4, 0.5) is 0 Å². The number of hydrogen-bond acceptors (Lipinski definition) is 3. The molecule has 2 nitrogen and oxygen atoms in total. The molecule has 0 fully saturated rings. The zero-order valence-electron chi connectivity index (χ0n) is 11.6. The molecule has 0 aliphatic heterocycles. The first-order valence-corrected chi connectivity index (χ1v) is 8.34. The second kappa shape index (κ2) is 7.41. The third-order valence-corrected chi connectivity index (χ3v) is 4.91. The van der Waals surface area contributed by atoms with Crippen molar-refractivity contribution >= 4 is 34.5 Å². The topological polar surface area (TPSA) is 16.1 Å². The summed E-state index contributed by atoms with van der Waals surface area (Å²) in [7, 11) is 2.13. The highest BCUT2D eigenvalue weighted by Crippen LogP contribution is 2.21. The van der Waals surface area contributed by atoms with Gasteiger partial charge in [-0.15, -0.1) is 22.9 Å². The number of hydrogen-bond donors (Lipinski definition) is 0. The van der Waals surface area contributed by atoms with Crippen molar-refractivity contribution < 1.29 is 0 Å². The molecule has 1 aromatic heterocycles. The minimum Gasteiger partial charge on any atom is -0.299 e. The number of likely N-dealkylation sites (N-methyl/N-ethyl adjacent to an activating group) is 1. The van der Waals surface area contributed by atoms with Crippen LogP contribution in [0, 0.1) is 0 Å². The molecule has 20 heavy (non-hydrogen) atoms. The van der Waals surface area contributed by atoms with Crippen molar-refractivity contribution in [3.05, 3.63) is 50.9 Å². The van der Waals surface area contributed by atoms with Crippen LogP contribution in [0.1, 0.15) is 29.2 Å². The van der Waals surface area contributed by atoms with Crippen LogP contribution in [0.3, 0.4) is 0 Å². The molecule has 0 bridgehead atoms. The normalized spacial score (nSPS) is 12.8. The first-order valence-electron chi connectivity index (χ1n) is 6.55. The minimum atomic E-state index is 0.361. The van der Waals surface area contributed by atoms with E-state index in [1.807, 2.05) is 17.5 Å². The summed E-state index contributed by atoms with van der Waals surface area (Å²) in [5, 5.41) is 3.96. The number of nitrogens with zero attached hydrogens (tertiary/aromatic N) is 2. The van der Waals surface area contributed by atoms with Gasteiger partial charge in [-0.3, -0.25) is 4.90 Å². The quantitative estimate of drug-likeness (QED) is 0.710. The fourth-order valence-electron chi connectivity index (χ4n) is 1.99. The molecule has 0 saturated carbocycles. The average molecular weight is 329 g/mol. The van der Waals surface area contributed by atoms with Gasteiger partial charge in [-0.25, -0.2) is 4.98 Å². The highest BCUT2D eigenvalue weighted by Gasteiger charge is 2.12. The van der Waals surface area contributed by atoms with E-state index in [1.165, 1.54) is 5.56 Å². The largest absolute Gasteiger partial charge is 0.299 e. The van der Waals surface area contributed by atoms with E-state index < -0.39 is 0 Å². The van der Waals surface area contributed by atoms with Crippen LogP contribution in [0.2, 0.25) is 5.02 Å². The van der Waals surface area contributed by atoms with E-state index in [9.17, 15) is 0 Å². The molecule has 0 aliphatic rings. The lowest BCUT2D eigenvalue weighted by Crippen LogP contribution is -2.24. The van der Waals surface area contributed by atoms with Gasteiger partial charge >= 0.3 is 0 Å². The number of halogens is 2. The Morgan fingerprint density at radius 1 is 1.30 bits per heavy atom. The Morgan fingerprint density at radius 3 is 2.60 bits per heavy atom. The number of alkyl halides is 1. The molecule has 1 unspecified atom stereocenters. The second-order valence-corrected chi connectivity index (χ2v) is 6.47. The predicted octanol–water partition coefficient (Wildman–Crippen LogP) is 4.77. The average Bonchev–Trinajstić information content (AvgIpc) is 2.93. The molecule has 1 aromatic carbocycles. The summed E-state index contributed by atoms with van der Waals surface area (Å²) in [6.07, 6.45) is 0.954. The maximum absolute atomic E-state index is 5.92. The Bertz CT molecular complexity index is 539. The molecule has 2 rings (SSSR count). The SMILES string of the molecule is CC(c1ccc(Cl)cc1)N(C)CCc1nc(CCl)cs1. The zero-order chi connectivity index (χ0) is 14.5. The standard InChI is InChI=1S/C15H18Cl2N2S/c1-11(12-3-5-13(17)6-4-12)19(2)8-7-15-18-14(9-16)10-20-15/h3-6,10-11H,7-9H2,1-2H3. The molecular formula is C15H18Cl2N2S. The maximum Gasteiger partial charge on any atom is 0.0941 e. The molecule has 0 saturated heterocycles. The van der Waals surface area contributed by atoms with Crippen molar-refractivity contribution in [2.75, 3.05) is 13.6 Å². The molecule has 0 N–H and O–H groups in total. The minimum absolute atomic E-state index is 0.361. The summed E-state index contributed by atoms with van der Waals surface area (Å²) in [5.41, 5.74) is 2.25. The lowest BCUT2D eigenvalue weighted by atomic mass is 10.1. The van der Waals surface area contributed by atoms with Gasteiger partial charge in [0.15, 0.2) is 0 Å². The van der Waals surface area contributed by atoms with E-state index in [1.54, 1.807) is 11.3 Å². The predicted molar refractivity (Wildman–Crippen MR) is 87.9 cm³/mol. The monoisotopic (exact) mass is 328 g/mol. The van der Waals surface area contributed by atoms with Crippen LogP contribution < -0.4 is 0 Å². The van der Waals surface area contributed by atoms with E-state index in [0.717, 1.165) is 28.7 Å². The third kappa shape index (κ3) is 4.19. The Balaban J connectivity index is 1.90. The highest BCUT2D eigenvalue weighted by molar-refractivity contribution is 7.09. The Hall–Kier alpha value is -0.610. The Kier molecular flexibility index (Phi) is 5.85. The highest BCUT2D eigenvalue weighted by atomic mass is 35.5. The zero-order valence-corrected chi connectivity index (χ0v) is 14.0. The van der Waals surface area contributed by atoms with Crippen LogP contribution in [0.25, 0.3) is 0 Å². The van der Waals surface area contributed by atoms with Crippen molar-refractivity contribution in [2.45, 2.75) is 25.3 Å². The van der Waals surface area contributed by atoms with E-state index >= 15 is 0 Å². The molecule has 0 amide bonds. The number of aromatic nitrogens is 1. The van der Waals surface area contributed by atoms with Gasteiger partial charge in [-0.05, 0) is 31.7 Å². The molecule has 0 aliphatic carbocycles. The van der Waals surface area contributed by atoms with Gasteiger partial charge in [0.1, 0.15) is 0 Å². The van der Waals surface area contributed by atoms with Gasteiger partial charge < -0.3 is 0 Å². The van der Waals surface area contributed by atoms with Crippen molar-refractivity contribution in [3.8, 4) is 0 Å². The molecule has 0 spiro atoms. The van der Waals surface area contributed by atoms with Crippen LogP contribution in [-0.4, -0.2) is 23.5 Å². The summed E-state index contributed by atoms with van der Waals surface area (Å²) in [5.74, 6) is 0.494. The molecule has 2 aromatic rings. The van der Waals surface area contributed by atoms with Crippen molar-refractivity contribution in [1.82, 2.24) is 9.88 Å². The van der Waals surface area contributed by atoms with Crippen LogP contribution in [0.5, 0.6) is 0 Å². The lowest BCUT2D eigenvalue weighted by molar-refractivity contribution is 0.265. The van der Waals surface area contributed by atoms with Gasteiger partial charge in [0.2, 0.25) is 0 Å². The molecule has 1 heterocycles. The third-order valence-electron chi connectivity index (χ3n) is 3.43.